The molecule has 100 valence electrons. The van der Waals surface area contributed by atoms with E-state index in [0.717, 1.165) is 23.0 Å². The van der Waals surface area contributed by atoms with E-state index < -0.39 is 11.7 Å². The molecule has 0 aliphatic carbocycles. The summed E-state index contributed by atoms with van der Waals surface area (Å²) in [5, 5.41) is 2.71. The lowest BCUT2D eigenvalue weighted by Gasteiger charge is -2.08. The second-order valence-corrected chi connectivity index (χ2v) is 4.84. The van der Waals surface area contributed by atoms with Crippen LogP contribution in [0.25, 0.3) is 0 Å². The molecule has 0 fully saturated rings. The zero-order chi connectivity index (χ0) is 13.6. The van der Waals surface area contributed by atoms with Gasteiger partial charge in [0.25, 0.3) is 0 Å². The van der Waals surface area contributed by atoms with Gasteiger partial charge in [0, 0.05) is 11.0 Å². The fourth-order valence-electron chi connectivity index (χ4n) is 1.35. The molecule has 0 spiro atoms. The number of halogens is 4. The molecule has 0 heterocycles. The minimum Gasteiger partial charge on any atom is -0.356 e. The lowest BCUT2D eigenvalue weighted by molar-refractivity contribution is -0.137. The molecule has 0 saturated carbocycles. The van der Waals surface area contributed by atoms with Crippen LogP contribution in [-0.4, -0.2) is 16.9 Å². The lowest BCUT2D eigenvalue weighted by atomic mass is 10.1. The molecule has 0 unspecified atom stereocenters. The number of hydrogen-bond donors (Lipinski definition) is 1. The Kier molecular flexibility index (Phi) is 5.90. The van der Waals surface area contributed by atoms with Crippen molar-refractivity contribution in [2.45, 2.75) is 19.0 Å². The Morgan fingerprint density at radius 2 is 1.83 bits per heavy atom. The van der Waals surface area contributed by atoms with E-state index in [1.54, 1.807) is 0 Å². The number of carbonyl (C=O) groups is 1. The molecule has 0 bridgehead atoms. The van der Waals surface area contributed by atoms with Gasteiger partial charge in [-0.1, -0.05) is 34.7 Å². The number of alkyl halides is 4. The number of nitrogens with one attached hydrogen (secondary N) is 1. The first-order valence-electron chi connectivity index (χ1n) is 5.42. The smallest absolute Gasteiger partial charge is 0.356 e. The summed E-state index contributed by atoms with van der Waals surface area (Å²) in [7, 11) is 0. The molecule has 0 aromatic heterocycles. The van der Waals surface area contributed by atoms with Gasteiger partial charge in [0.2, 0.25) is 5.91 Å². The van der Waals surface area contributed by atoms with Crippen LogP contribution in [0.5, 0.6) is 0 Å². The topological polar surface area (TPSA) is 29.1 Å². The second kappa shape index (κ2) is 6.96. The highest BCUT2D eigenvalue weighted by Crippen LogP contribution is 2.29. The van der Waals surface area contributed by atoms with E-state index in [2.05, 4.69) is 27.9 Å². The van der Waals surface area contributed by atoms with Crippen LogP contribution in [0.2, 0.25) is 0 Å². The van der Waals surface area contributed by atoms with E-state index in [4.69, 9.17) is 0 Å². The summed E-state index contributed by atoms with van der Waals surface area (Å²) < 4.78 is 37.9. The number of rotatable bonds is 5. The van der Waals surface area contributed by atoms with Crippen molar-refractivity contribution in [3.05, 3.63) is 35.4 Å². The SMILES string of the molecule is O=C(Cc1ccc(C(F)(F)F)cc1)NCCCI. The lowest BCUT2D eigenvalue weighted by Crippen LogP contribution is -2.26. The molecule has 1 aromatic rings. The zero-order valence-electron chi connectivity index (χ0n) is 9.56. The average Bonchev–Trinajstić information content (AvgIpc) is 2.29. The summed E-state index contributed by atoms with van der Waals surface area (Å²) in [5.41, 5.74) is -0.119. The van der Waals surface area contributed by atoms with E-state index >= 15 is 0 Å². The number of amides is 1. The summed E-state index contributed by atoms with van der Waals surface area (Å²) >= 11 is 2.21. The number of carbonyl (C=O) groups excluding carboxylic acids is 1. The van der Waals surface area contributed by atoms with Crippen LogP contribution in [0.4, 0.5) is 13.2 Å². The van der Waals surface area contributed by atoms with Crippen molar-refractivity contribution < 1.29 is 18.0 Å². The van der Waals surface area contributed by atoms with E-state index in [9.17, 15) is 18.0 Å². The molecule has 0 aliphatic rings. The summed E-state index contributed by atoms with van der Waals surface area (Å²) in [6.45, 7) is 0.600. The third kappa shape index (κ3) is 5.24. The van der Waals surface area contributed by atoms with Gasteiger partial charge in [-0.2, -0.15) is 13.2 Å². The van der Waals surface area contributed by atoms with Crippen molar-refractivity contribution in [2.24, 2.45) is 0 Å². The van der Waals surface area contributed by atoms with Crippen LogP contribution >= 0.6 is 22.6 Å². The fraction of sp³-hybridized carbons (Fsp3) is 0.417. The molecule has 0 atom stereocenters. The minimum absolute atomic E-state index is 0.110. The van der Waals surface area contributed by atoms with Gasteiger partial charge in [-0.15, -0.1) is 0 Å². The van der Waals surface area contributed by atoms with Gasteiger partial charge in [-0.3, -0.25) is 4.79 Å². The Labute approximate surface area is 117 Å². The molecule has 18 heavy (non-hydrogen) atoms. The van der Waals surface area contributed by atoms with Gasteiger partial charge in [0.1, 0.15) is 0 Å². The van der Waals surface area contributed by atoms with Crippen LogP contribution in [0.15, 0.2) is 24.3 Å². The second-order valence-electron chi connectivity index (χ2n) is 3.76. The molecular formula is C12H13F3INO. The predicted molar refractivity (Wildman–Crippen MR) is 71.7 cm³/mol. The summed E-state index contributed by atoms with van der Waals surface area (Å²) in [6, 6.07) is 4.66. The minimum atomic E-state index is -4.33. The first-order chi connectivity index (χ1) is 8.43. The fourth-order valence-corrected chi connectivity index (χ4v) is 1.74. The van der Waals surface area contributed by atoms with Crippen molar-refractivity contribution >= 4 is 28.5 Å². The highest BCUT2D eigenvalue weighted by molar-refractivity contribution is 14.1. The Morgan fingerprint density at radius 1 is 1.22 bits per heavy atom. The van der Waals surface area contributed by atoms with Gasteiger partial charge < -0.3 is 5.32 Å². The quantitative estimate of drug-likeness (QED) is 0.481. The van der Waals surface area contributed by atoms with Crippen LogP contribution in [0.3, 0.4) is 0 Å². The Balaban J connectivity index is 2.51. The van der Waals surface area contributed by atoms with Crippen LogP contribution in [0, 0.1) is 0 Å². The molecule has 0 saturated heterocycles. The summed E-state index contributed by atoms with van der Waals surface area (Å²) in [4.78, 5) is 11.4. The Bertz CT molecular complexity index is 389. The Hall–Kier alpha value is -0.790. The number of hydrogen-bond acceptors (Lipinski definition) is 1. The van der Waals surface area contributed by atoms with E-state index in [1.807, 2.05) is 0 Å². The highest BCUT2D eigenvalue weighted by atomic mass is 127. The predicted octanol–water partition coefficient (Wildman–Crippen LogP) is 3.19. The third-order valence-corrected chi connectivity index (χ3v) is 3.04. The largest absolute Gasteiger partial charge is 0.416 e. The van der Waals surface area contributed by atoms with Crippen molar-refractivity contribution in [3.63, 3.8) is 0 Å². The standard InChI is InChI=1S/C12H13F3INO/c13-12(14,15)10-4-2-9(3-5-10)8-11(18)17-7-1-6-16/h2-5H,1,6-8H2,(H,17,18). The van der Waals surface area contributed by atoms with E-state index in [0.29, 0.717) is 12.1 Å². The summed E-state index contributed by atoms with van der Waals surface area (Å²) in [5.74, 6) is -0.167. The average molecular weight is 371 g/mol. The number of benzene rings is 1. The van der Waals surface area contributed by atoms with Crippen molar-refractivity contribution in [1.82, 2.24) is 5.32 Å². The molecule has 1 amide bonds. The highest BCUT2D eigenvalue weighted by Gasteiger charge is 2.29. The van der Waals surface area contributed by atoms with Gasteiger partial charge in [0.05, 0.1) is 12.0 Å². The molecule has 0 radical (unpaired) electrons. The van der Waals surface area contributed by atoms with Crippen molar-refractivity contribution in [2.75, 3.05) is 11.0 Å². The monoisotopic (exact) mass is 371 g/mol. The van der Waals surface area contributed by atoms with Gasteiger partial charge in [-0.25, -0.2) is 0 Å². The van der Waals surface area contributed by atoms with Crippen molar-refractivity contribution in [3.8, 4) is 0 Å². The molecule has 0 aliphatic heterocycles. The normalized spacial score (nSPS) is 11.3. The molecule has 1 rings (SSSR count). The van der Waals surface area contributed by atoms with Crippen molar-refractivity contribution in [1.29, 1.82) is 0 Å². The van der Waals surface area contributed by atoms with E-state index in [1.165, 1.54) is 12.1 Å². The maximum atomic E-state index is 12.3. The molecule has 2 nitrogen and oxygen atoms in total. The first kappa shape index (κ1) is 15.3. The Morgan fingerprint density at radius 3 is 2.33 bits per heavy atom. The van der Waals surface area contributed by atoms with Crippen LogP contribution in [-0.2, 0) is 17.4 Å². The summed E-state index contributed by atoms with van der Waals surface area (Å²) in [6.07, 6.45) is -3.33. The van der Waals surface area contributed by atoms with E-state index in [-0.39, 0.29) is 12.3 Å². The maximum Gasteiger partial charge on any atom is 0.416 e. The van der Waals surface area contributed by atoms with Crippen LogP contribution in [0.1, 0.15) is 17.5 Å². The van der Waals surface area contributed by atoms with Crippen LogP contribution < -0.4 is 5.32 Å². The molecule has 1 N–H and O–H groups in total. The zero-order valence-corrected chi connectivity index (χ0v) is 11.7. The van der Waals surface area contributed by atoms with Gasteiger partial charge >= 0.3 is 6.18 Å². The molecule has 6 heteroatoms. The maximum absolute atomic E-state index is 12.3. The van der Waals surface area contributed by atoms with Gasteiger partial charge in [-0.05, 0) is 24.1 Å². The molecule has 1 aromatic carbocycles. The molecular weight excluding hydrogens is 358 g/mol. The third-order valence-electron chi connectivity index (χ3n) is 2.28. The first-order valence-corrected chi connectivity index (χ1v) is 6.95. The van der Waals surface area contributed by atoms with Gasteiger partial charge in [0.15, 0.2) is 0 Å².